The lowest BCUT2D eigenvalue weighted by Crippen LogP contribution is -1.93. The fraction of sp³-hybridized carbons (Fsp3) is 0. The Morgan fingerprint density at radius 2 is 1.32 bits per heavy atom. The first-order valence-electron chi connectivity index (χ1n) is 9.16. The van der Waals surface area contributed by atoms with Crippen LogP contribution >= 0.6 is 0 Å². The van der Waals surface area contributed by atoms with Crippen LogP contribution in [0, 0.1) is 0 Å². The van der Waals surface area contributed by atoms with Crippen LogP contribution in [0.15, 0.2) is 107 Å². The lowest BCUT2D eigenvalue weighted by Gasteiger charge is -2.11. The van der Waals surface area contributed by atoms with E-state index in [0.29, 0.717) is 11.4 Å². The van der Waals surface area contributed by atoms with Gasteiger partial charge in [-0.3, -0.25) is 0 Å². The van der Waals surface area contributed by atoms with Crippen LogP contribution in [0.3, 0.4) is 0 Å². The number of aromatic nitrogens is 1. The summed E-state index contributed by atoms with van der Waals surface area (Å²) in [5, 5.41) is 12.2. The first-order valence-corrected chi connectivity index (χ1v) is 9.16. The summed E-state index contributed by atoms with van der Waals surface area (Å²) in [5.41, 5.74) is 10.4. The van der Waals surface area contributed by atoms with Crippen LogP contribution in [0.2, 0.25) is 0 Å². The maximum atomic E-state index is 5.98. The lowest BCUT2D eigenvalue weighted by molar-refractivity contribution is 1.14. The van der Waals surface area contributed by atoms with E-state index in [4.69, 9.17) is 5.73 Å². The van der Waals surface area contributed by atoms with Crippen molar-refractivity contribution in [3.8, 4) is 5.69 Å². The molecule has 0 unspecified atom stereocenters. The predicted octanol–water partition coefficient (Wildman–Crippen LogP) is 6.78. The summed E-state index contributed by atoms with van der Waals surface area (Å²) in [6, 6.07) is 30.4. The standard InChI is InChI=1S/C24H18N4/c25-20-10-4-5-11-22(20)27-26-21-13-14-24(19-9-3-2-8-18(19)21)28-16-15-17-7-1-6-12-23(17)28/h1-16H,25H2. The van der Waals surface area contributed by atoms with Gasteiger partial charge in [0, 0.05) is 17.0 Å². The summed E-state index contributed by atoms with van der Waals surface area (Å²) >= 11 is 0. The number of nitrogen functional groups attached to an aromatic ring is 1. The maximum absolute atomic E-state index is 5.98. The third-order valence-electron chi connectivity index (χ3n) is 4.94. The molecule has 0 radical (unpaired) electrons. The quantitative estimate of drug-likeness (QED) is 0.279. The van der Waals surface area contributed by atoms with Crippen LogP contribution < -0.4 is 5.73 Å². The van der Waals surface area contributed by atoms with Crippen LogP contribution in [0.4, 0.5) is 17.1 Å². The molecule has 0 aliphatic rings. The second-order valence-electron chi connectivity index (χ2n) is 6.65. The Hall–Kier alpha value is -3.92. The van der Waals surface area contributed by atoms with Crippen molar-refractivity contribution in [1.82, 2.24) is 4.57 Å². The topological polar surface area (TPSA) is 55.7 Å². The van der Waals surface area contributed by atoms with Gasteiger partial charge in [-0.25, -0.2) is 0 Å². The minimum absolute atomic E-state index is 0.617. The molecule has 0 aliphatic heterocycles. The van der Waals surface area contributed by atoms with E-state index in [0.717, 1.165) is 22.1 Å². The lowest BCUT2D eigenvalue weighted by atomic mass is 10.1. The van der Waals surface area contributed by atoms with Gasteiger partial charge in [-0.1, -0.05) is 54.6 Å². The van der Waals surface area contributed by atoms with E-state index in [1.807, 2.05) is 42.5 Å². The Balaban J connectivity index is 1.67. The summed E-state index contributed by atoms with van der Waals surface area (Å²) in [4.78, 5) is 0. The SMILES string of the molecule is Nc1ccccc1N=Nc1ccc(-n2ccc3ccccc32)c2ccccc12. The third kappa shape index (κ3) is 2.72. The molecule has 0 spiro atoms. The molecule has 5 aromatic rings. The van der Waals surface area contributed by atoms with Crippen molar-refractivity contribution in [3.05, 3.63) is 97.2 Å². The van der Waals surface area contributed by atoms with Gasteiger partial charge in [0.2, 0.25) is 0 Å². The molecular formula is C24H18N4. The average molecular weight is 362 g/mol. The minimum Gasteiger partial charge on any atom is -0.397 e. The molecule has 0 atom stereocenters. The molecule has 28 heavy (non-hydrogen) atoms. The second-order valence-corrected chi connectivity index (χ2v) is 6.65. The molecule has 1 heterocycles. The summed E-state index contributed by atoms with van der Waals surface area (Å²) in [7, 11) is 0. The van der Waals surface area contributed by atoms with Gasteiger partial charge in [-0.05, 0) is 41.8 Å². The van der Waals surface area contributed by atoms with E-state index in [1.165, 1.54) is 10.9 Å². The van der Waals surface area contributed by atoms with Crippen molar-refractivity contribution in [2.45, 2.75) is 0 Å². The third-order valence-corrected chi connectivity index (χ3v) is 4.94. The number of nitrogens with two attached hydrogens (primary N) is 1. The fourth-order valence-corrected chi connectivity index (χ4v) is 3.54. The summed E-state index contributed by atoms with van der Waals surface area (Å²) in [6.45, 7) is 0. The van der Waals surface area contributed by atoms with Gasteiger partial charge in [0.05, 0.1) is 22.6 Å². The monoisotopic (exact) mass is 362 g/mol. The second kappa shape index (κ2) is 6.67. The molecule has 0 saturated carbocycles. The van der Waals surface area contributed by atoms with Crippen LogP contribution in [0.25, 0.3) is 27.4 Å². The zero-order valence-electron chi connectivity index (χ0n) is 15.2. The van der Waals surface area contributed by atoms with E-state index in [2.05, 4.69) is 69.5 Å². The zero-order chi connectivity index (χ0) is 18.9. The Labute approximate surface area is 162 Å². The number of para-hydroxylation sites is 2. The number of benzene rings is 4. The van der Waals surface area contributed by atoms with E-state index < -0.39 is 0 Å². The van der Waals surface area contributed by atoms with Gasteiger partial charge in [-0.2, -0.15) is 0 Å². The zero-order valence-corrected chi connectivity index (χ0v) is 15.2. The van der Waals surface area contributed by atoms with Crippen LogP contribution in [0.1, 0.15) is 0 Å². The average Bonchev–Trinajstić information content (AvgIpc) is 3.17. The van der Waals surface area contributed by atoms with Gasteiger partial charge in [0.25, 0.3) is 0 Å². The maximum Gasteiger partial charge on any atom is 0.109 e. The van der Waals surface area contributed by atoms with Crippen molar-refractivity contribution in [3.63, 3.8) is 0 Å². The highest BCUT2D eigenvalue weighted by molar-refractivity contribution is 5.99. The van der Waals surface area contributed by atoms with Gasteiger partial charge in [0.1, 0.15) is 5.69 Å². The molecule has 0 amide bonds. The van der Waals surface area contributed by atoms with E-state index in [1.54, 1.807) is 0 Å². The van der Waals surface area contributed by atoms with Gasteiger partial charge in [0.15, 0.2) is 0 Å². The molecule has 0 saturated heterocycles. The number of hydrogen-bond donors (Lipinski definition) is 1. The highest BCUT2D eigenvalue weighted by Crippen LogP contribution is 2.34. The Kier molecular flexibility index (Phi) is 3.87. The molecule has 4 heteroatoms. The molecule has 4 aromatic carbocycles. The van der Waals surface area contributed by atoms with Crippen LogP contribution in [0.5, 0.6) is 0 Å². The summed E-state index contributed by atoms with van der Waals surface area (Å²) in [6.07, 6.45) is 2.11. The summed E-state index contributed by atoms with van der Waals surface area (Å²) < 4.78 is 2.22. The van der Waals surface area contributed by atoms with Gasteiger partial charge >= 0.3 is 0 Å². The number of azo groups is 1. The van der Waals surface area contributed by atoms with E-state index >= 15 is 0 Å². The number of rotatable bonds is 3. The number of hydrogen-bond acceptors (Lipinski definition) is 3. The van der Waals surface area contributed by atoms with E-state index in [9.17, 15) is 0 Å². The van der Waals surface area contributed by atoms with Crippen molar-refractivity contribution in [2.24, 2.45) is 10.2 Å². The first-order chi connectivity index (χ1) is 13.8. The van der Waals surface area contributed by atoms with Crippen molar-refractivity contribution in [2.75, 3.05) is 5.73 Å². The Morgan fingerprint density at radius 3 is 2.21 bits per heavy atom. The number of nitrogens with zero attached hydrogens (tertiary/aromatic N) is 3. The van der Waals surface area contributed by atoms with Crippen LogP contribution in [-0.2, 0) is 0 Å². The number of anilines is 1. The first kappa shape index (κ1) is 16.3. The molecule has 1 aromatic heterocycles. The summed E-state index contributed by atoms with van der Waals surface area (Å²) in [5.74, 6) is 0. The molecule has 0 fully saturated rings. The Bertz CT molecular complexity index is 1330. The minimum atomic E-state index is 0.617. The molecule has 0 aliphatic carbocycles. The molecule has 134 valence electrons. The van der Waals surface area contributed by atoms with E-state index in [-0.39, 0.29) is 0 Å². The van der Waals surface area contributed by atoms with Gasteiger partial charge < -0.3 is 10.3 Å². The highest BCUT2D eigenvalue weighted by atomic mass is 15.1. The van der Waals surface area contributed by atoms with Gasteiger partial charge in [-0.15, -0.1) is 10.2 Å². The molecule has 4 nitrogen and oxygen atoms in total. The smallest absolute Gasteiger partial charge is 0.109 e. The Morgan fingerprint density at radius 1 is 0.607 bits per heavy atom. The van der Waals surface area contributed by atoms with Crippen molar-refractivity contribution >= 4 is 38.7 Å². The normalized spacial score (nSPS) is 11.6. The molecule has 5 rings (SSSR count). The number of fused-ring (bicyclic) bond motifs is 2. The fourth-order valence-electron chi connectivity index (χ4n) is 3.54. The largest absolute Gasteiger partial charge is 0.397 e. The van der Waals surface area contributed by atoms with Crippen molar-refractivity contribution in [1.29, 1.82) is 0 Å². The molecule has 0 bridgehead atoms. The molecule has 2 N–H and O–H groups in total. The van der Waals surface area contributed by atoms with Crippen molar-refractivity contribution < 1.29 is 0 Å². The predicted molar refractivity (Wildman–Crippen MR) is 116 cm³/mol. The van der Waals surface area contributed by atoms with Crippen LogP contribution in [-0.4, -0.2) is 4.57 Å². The highest BCUT2D eigenvalue weighted by Gasteiger charge is 2.09. The molecular weight excluding hydrogens is 344 g/mol.